The van der Waals surface area contributed by atoms with Crippen LogP contribution >= 0.6 is 0 Å². The first kappa shape index (κ1) is 24.3. The number of hydrogen-bond acceptors (Lipinski definition) is 8. The van der Waals surface area contributed by atoms with E-state index in [1.807, 2.05) is 13.8 Å². The van der Waals surface area contributed by atoms with Crippen molar-refractivity contribution in [1.29, 1.82) is 0 Å². The number of carbonyl (C=O) groups is 2. The summed E-state index contributed by atoms with van der Waals surface area (Å²) < 4.78 is 43.5. The highest BCUT2D eigenvalue weighted by molar-refractivity contribution is 7.92. The molecule has 1 fully saturated rings. The lowest BCUT2D eigenvalue weighted by Crippen LogP contribution is -2.49. The minimum absolute atomic E-state index is 0.141. The number of nitrogens with zero attached hydrogens (tertiary/aromatic N) is 1. The van der Waals surface area contributed by atoms with Gasteiger partial charge in [0.15, 0.2) is 6.61 Å². The highest BCUT2D eigenvalue weighted by Gasteiger charge is 2.27. The third kappa shape index (κ3) is 6.14. The van der Waals surface area contributed by atoms with E-state index >= 15 is 0 Å². The lowest BCUT2D eigenvalue weighted by Gasteiger charge is -2.35. The van der Waals surface area contributed by atoms with Crippen molar-refractivity contribution in [3.8, 4) is 11.5 Å². The van der Waals surface area contributed by atoms with Crippen molar-refractivity contribution in [2.24, 2.45) is 0 Å². The van der Waals surface area contributed by atoms with Crippen molar-refractivity contribution in [1.82, 2.24) is 4.90 Å². The maximum atomic E-state index is 12.7. The molecule has 2 aromatic carbocycles. The van der Waals surface area contributed by atoms with Crippen molar-refractivity contribution in [3.63, 3.8) is 0 Å². The van der Waals surface area contributed by atoms with Crippen LogP contribution in [0.15, 0.2) is 47.4 Å². The van der Waals surface area contributed by atoms with Crippen LogP contribution in [0.3, 0.4) is 0 Å². The molecule has 2 N–H and O–H groups in total. The van der Waals surface area contributed by atoms with Crippen LogP contribution in [0.4, 0.5) is 5.69 Å². The summed E-state index contributed by atoms with van der Waals surface area (Å²) >= 11 is 0. The molecule has 1 aliphatic rings. The van der Waals surface area contributed by atoms with Gasteiger partial charge in [-0.1, -0.05) is 0 Å². The van der Waals surface area contributed by atoms with Crippen LogP contribution in [-0.4, -0.2) is 69.3 Å². The number of anilines is 1. The first-order chi connectivity index (χ1) is 15.6. The summed E-state index contributed by atoms with van der Waals surface area (Å²) in [4.78, 5) is 26.2. The van der Waals surface area contributed by atoms with Gasteiger partial charge in [0.05, 0.1) is 24.2 Å². The molecule has 0 spiro atoms. The van der Waals surface area contributed by atoms with Crippen molar-refractivity contribution < 1.29 is 37.3 Å². The average molecular weight is 479 g/mol. The maximum Gasteiger partial charge on any atom is 0.342 e. The molecule has 1 aliphatic heterocycles. The second-order valence-electron chi connectivity index (χ2n) is 7.65. The molecule has 178 valence electrons. The zero-order chi connectivity index (χ0) is 24.2. The van der Waals surface area contributed by atoms with Crippen LogP contribution < -0.4 is 9.46 Å². The lowest BCUT2D eigenvalue weighted by atomic mass is 10.2. The first-order valence-corrected chi connectivity index (χ1v) is 11.7. The molecular formula is C22H26N2O8S. The minimum atomic E-state index is -4.07. The number of carbonyl (C=O) groups excluding carboxylic acids is 2. The Kier molecular flexibility index (Phi) is 7.44. The number of aromatic hydroxyl groups is 1. The van der Waals surface area contributed by atoms with Crippen LogP contribution in [0, 0.1) is 0 Å². The molecule has 0 saturated carbocycles. The van der Waals surface area contributed by atoms with Gasteiger partial charge in [0.25, 0.3) is 15.9 Å². The highest BCUT2D eigenvalue weighted by Crippen LogP contribution is 2.25. The van der Waals surface area contributed by atoms with Gasteiger partial charge in [-0.2, -0.15) is 0 Å². The lowest BCUT2D eigenvalue weighted by molar-refractivity contribution is -0.146. The molecule has 0 aromatic heterocycles. The molecule has 0 radical (unpaired) electrons. The summed E-state index contributed by atoms with van der Waals surface area (Å²) in [6.07, 6.45) is -0.282. The normalized spacial score (nSPS) is 18.5. The zero-order valence-electron chi connectivity index (χ0n) is 18.5. The number of phenols is 1. The second kappa shape index (κ2) is 10.1. The Bertz CT molecular complexity index is 1110. The number of sulfonamides is 1. The molecule has 2 atom stereocenters. The van der Waals surface area contributed by atoms with E-state index in [0.29, 0.717) is 18.8 Å². The number of nitrogens with one attached hydrogen (secondary N) is 1. The fourth-order valence-corrected chi connectivity index (χ4v) is 4.48. The smallest absolute Gasteiger partial charge is 0.342 e. The van der Waals surface area contributed by atoms with Gasteiger partial charge in [0.2, 0.25) is 0 Å². The molecule has 2 aromatic rings. The Morgan fingerprint density at radius 3 is 2.36 bits per heavy atom. The summed E-state index contributed by atoms with van der Waals surface area (Å²) in [7, 11) is -2.57. The molecule has 1 heterocycles. The SMILES string of the molecule is COc1ccc(NS(=O)(=O)c2ccc(O)c(C(=O)OCC(=O)N3C[C@@H](C)O[C@H](C)C3)c2)cc1. The number of benzene rings is 2. The number of esters is 1. The van der Waals surface area contributed by atoms with E-state index in [-0.39, 0.29) is 28.4 Å². The maximum absolute atomic E-state index is 12.7. The number of amides is 1. The van der Waals surface area contributed by atoms with E-state index in [1.54, 1.807) is 12.1 Å². The van der Waals surface area contributed by atoms with Crippen molar-refractivity contribution in [2.75, 3.05) is 31.5 Å². The van der Waals surface area contributed by atoms with Gasteiger partial charge >= 0.3 is 5.97 Å². The van der Waals surface area contributed by atoms with Gasteiger partial charge in [0, 0.05) is 18.8 Å². The van der Waals surface area contributed by atoms with Crippen LogP contribution in [-0.2, 0) is 24.3 Å². The average Bonchev–Trinajstić information content (AvgIpc) is 2.77. The van der Waals surface area contributed by atoms with E-state index in [1.165, 1.54) is 24.1 Å². The Hall–Kier alpha value is -3.31. The number of phenolic OH excluding ortho intramolecular Hbond substituents is 1. The Morgan fingerprint density at radius 1 is 1.12 bits per heavy atom. The van der Waals surface area contributed by atoms with Crippen LogP contribution in [0.2, 0.25) is 0 Å². The fourth-order valence-electron chi connectivity index (χ4n) is 3.40. The second-order valence-corrected chi connectivity index (χ2v) is 9.33. The molecular weight excluding hydrogens is 452 g/mol. The summed E-state index contributed by atoms with van der Waals surface area (Å²) in [5.41, 5.74) is -0.0864. The Labute approximate surface area is 192 Å². The van der Waals surface area contributed by atoms with Gasteiger partial charge in [0.1, 0.15) is 17.1 Å². The summed E-state index contributed by atoms with van der Waals surface area (Å²) in [5.74, 6) is -1.33. The van der Waals surface area contributed by atoms with Gasteiger partial charge < -0.3 is 24.2 Å². The van der Waals surface area contributed by atoms with E-state index in [2.05, 4.69) is 4.72 Å². The highest BCUT2D eigenvalue weighted by atomic mass is 32.2. The molecule has 10 nitrogen and oxygen atoms in total. The molecule has 0 aliphatic carbocycles. The van der Waals surface area contributed by atoms with E-state index in [4.69, 9.17) is 14.2 Å². The number of methoxy groups -OCH3 is 1. The number of ether oxygens (including phenoxy) is 3. The predicted molar refractivity (Wildman–Crippen MR) is 119 cm³/mol. The van der Waals surface area contributed by atoms with Gasteiger partial charge in [-0.3, -0.25) is 9.52 Å². The Balaban J connectivity index is 1.69. The minimum Gasteiger partial charge on any atom is -0.507 e. The van der Waals surface area contributed by atoms with Gasteiger partial charge in [-0.15, -0.1) is 0 Å². The van der Waals surface area contributed by atoms with E-state index < -0.39 is 34.3 Å². The molecule has 1 amide bonds. The van der Waals surface area contributed by atoms with Crippen LogP contribution in [0.5, 0.6) is 11.5 Å². The van der Waals surface area contributed by atoms with Crippen LogP contribution in [0.25, 0.3) is 0 Å². The van der Waals surface area contributed by atoms with Gasteiger partial charge in [-0.05, 0) is 56.3 Å². The van der Waals surface area contributed by atoms with E-state index in [9.17, 15) is 23.1 Å². The van der Waals surface area contributed by atoms with E-state index in [0.717, 1.165) is 18.2 Å². The van der Waals surface area contributed by atoms with Crippen molar-refractivity contribution in [2.45, 2.75) is 31.0 Å². The zero-order valence-corrected chi connectivity index (χ0v) is 19.3. The third-order valence-electron chi connectivity index (χ3n) is 4.94. The molecule has 3 rings (SSSR count). The molecule has 1 saturated heterocycles. The van der Waals surface area contributed by atoms with Gasteiger partial charge in [-0.25, -0.2) is 13.2 Å². The predicted octanol–water partition coefficient (Wildman–Crippen LogP) is 1.99. The summed E-state index contributed by atoms with van der Waals surface area (Å²) in [6, 6.07) is 9.43. The van der Waals surface area contributed by atoms with Crippen LogP contribution in [0.1, 0.15) is 24.2 Å². The monoisotopic (exact) mass is 478 g/mol. The fraction of sp³-hybridized carbons (Fsp3) is 0.364. The molecule has 0 unspecified atom stereocenters. The third-order valence-corrected chi connectivity index (χ3v) is 6.32. The number of rotatable bonds is 7. The standard InChI is InChI=1S/C22H26N2O8S/c1-14-11-24(12-15(2)32-14)21(26)13-31-22(27)19-10-18(8-9-20(19)25)33(28,29)23-16-4-6-17(30-3)7-5-16/h4-10,14-15,23,25H,11-13H2,1-3H3/t14-,15-/m1/s1. The largest absolute Gasteiger partial charge is 0.507 e. The summed E-state index contributed by atoms with van der Waals surface area (Å²) in [5, 5.41) is 10.1. The summed E-state index contributed by atoms with van der Waals surface area (Å²) in [6.45, 7) is 3.88. The van der Waals surface area contributed by atoms with Crippen molar-refractivity contribution >= 4 is 27.6 Å². The van der Waals surface area contributed by atoms with Crippen molar-refractivity contribution in [3.05, 3.63) is 48.0 Å². The number of morpholine rings is 1. The first-order valence-electron chi connectivity index (χ1n) is 10.2. The molecule has 33 heavy (non-hydrogen) atoms. The number of hydrogen-bond donors (Lipinski definition) is 2. The Morgan fingerprint density at radius 2 is 1.76 bits per heavy atom. The molecule has 0 bridgehead atoms. The quantitative estimate of drug-likeness (QED) is 0.578. The topological polar surface area (TPSA) is 131 Å². The molecule has 11 heteroatoms.